The first kappa shape index (κ1) is 32.8. The maximum absolute atomic E-state index is 13.3. The van der Waals surface area contributed by atoms with E-state index in [1.807, 2.05) is 20.8 Å². The summed E-state index contributed by atoms with van der Waals surface area (Å²) in [5.41, 5.74) is 12.1. The molecule has 1 aromatic rings. The minimum atomic E-state index is -1.24. The molecule has 214 valence electrons. The van der Waals surface area contributed by atoms with E-state index in [0.29, 0.717) is 37.8 Å². The maximum atomic E-state index is 13.3. The Morgan fingerprint density at radius 3 is 2.03 bits per heavy atom. The maximum Gasteiger partial charge on any atom is 0.326 e. The highest BCUT2D eigenvalue weighted by molar-refractivity contribution is 5.94. The second-order valence-electron chi connectivity index (χ2n) is 10.2. The smallest absolute Gasteiger partial charge is 0.326 e. The number of carboxylic acids is 1. The van der Waals surface area contributed by atoms with Crippen molar-refractivity contribution >= 4 is 23.7 Å². The Balaban J connectivity index is 3.00. The van der Waals surface area contributed by atoms with Crippen LogP contribution in [0.25, 0.3) is 0 Å². The highest BCUT2D eigenvalue weighted by Crippen LogP contribution is 2.14. The number of rotatable bonds is 17. The minimum absolute atomic E-state index is 0.00337. The fourth-order valence-corrected chi connectivity index (χ4v) is 3.91. The Hall–Kier alpha value is -3.18. The number of amides is 3. The van der Waals surface area contributed by atoms with E-state index >= 15 is 0 Å². The Bertz CT molecular complexity index is 908. The number of phenols is 1. The van der Waals surface area contributed by atoms with Crippen LogP contribution in [0.5, 0.6) is 5.75 Å². The van der Waals surface area contributed by atoms with Crippen molar-refractivity contribution in [2.24, 2.45) is 23.3 Å². The van der Waals surface area contributed by atoms with E-state index in [2.05, 4.69) is 16.0 Å². The number of carboxylic acid groups (broad SMARTS) is 1. The van der Waals surface area contributed by atoms with Crippen LogP contribution in [0.15, 0.2) is 24.3 Å². The van der Waals surface area contributed by atoms with Crippen LogP contribution in [0.1, 0.15) is 65.4 Å². The number of nitrogens with two attached hydrogens (primary N) is 2. The van der Waals surface area contributed by atoms with Crippen LogP contribution in [-0.4, -0.2) is 64.6 Å². The number of aliphatic carboxylic acids is 1. The van der Waals surface area contributed by atoms with Gasteiger partial charge in [0.05, 0.1) is 6.04 Å². The van der Waals surface area contributed by atoms with Gasteiger partial charge in [-0.2, -0.15) is 0 Å². The summed E-state index contributed by atoms with van der Waals surface area (Å²) in [6.45, 7) is 7.96. The van der Waals surface area contributed by atoms with Crippen molar-refractivity contribution in [1.29, 1.82) is 0 Å². The van der Waals surface area contributed by atoms with Gasteiger partial charge >= 0.3 is 5.97 Å². The Morgan fingerprint density at radius 2 is 1.50 bits per heavy atom. The van der Waals surface area contributed by atoms with Gasteiger partial charge in [-0.1, -0.05) is 52.7 Å². The van der Waals surface area contributed by atoms with Gasteiger partial charge in [0.25, 0.3) is 0 Å². The van der Waals surface area contributed by atoms with E-state index in [-0.39, 0.29) is 24.0 Å². The molecule has 0 saturated carbocycles. The van der Waals surface area contributed by atoms with Crippen LogP contribution in [0.3, 0.4) is 0 Å². The molecule has 0 heterocycles. The number of nitrogens with one attached hydrogen (secondary N) is 3. The molecule has 0 aliphatic heterocycles. The first-order valence-corrected chi connectivity index (χ1v) is 13.3. The predicted octanol–water partition coefficient (Wildman–Crippen LogP) is 1.02. The van der Waals surface area contributed by atoms with E-state index in [1.165, 1.54) is 12.1 Å². The summed E-state index contributed by atoms with van der Waals surface area (Å²) in [6.07, 6.45) is 2.75. The molecule has 1 rings (SSSR count). The van der Waals surface area contributed by atoms with Crippen LogP contribution in [-0.2, 0) is 25.6 Å². The highest BCUT2D eigenvalue weighted by atomic mass is 16.4. The second-order valence-corrected chi connectivity index (χ2v) is 10.2. The largest absolute Gasteiger partial charge is 0.508 e. The molecule has 3 amide bonds. The third-order valence-corrected chi connectivity index (χ3v) is 6.43. The number of hydrogen-bond donors (Lipinski definition) is 7. The number of phenolic OH excluding ortho intramolecular Hbond substituents is 1. The summed E-state index contributed by atoms with van der Waals surface area (Å²) in [5, 5.41) is 27.1. The summed E-state index contributed by atoms with van der Waals surface area (Å²) in [4.78, 5) is 51.0. The zero-order chi connectivity index (χ0) is 28.8. The van der Waals surface area contributed by atoms with Crippen molar-refractivity contribution in [2.45, 2.75) is 90.4 Å². The SMILES string of the molecule is CCC(C)C(NC(=O)C(CC(C)C)NC(=O)C(N)CCCCN)C(=O)NC(Cc1ccc(O)cc1)C(=O)O. The van der Waals surface area contributed by atoms with Crippen molar-refractivity contribution in [3.8, 4) is 5.75 Å². The van der Waals surface area contributed by atoms with Gasteiger partial charge in [-0.3, -0.25) is 14.4 Å². The molecule has 9 N–H and O–H groups in total. The lowest BCUT2D eigenvalue weighted by atomic mass is 9.96. The fraction of sp³-hybridized carbons (Fsp3) is 0.630. The lowest BCUT2D eigenvalue weighted by Crippen LogP contribution is -2.59. The molecule has 0 aliphatic carbocycles. The second kappa shape index (κ2) is 16.6. The summed E-state index contributed by atoms with van der Waals surface area (Å²) >= 11 is 0. The molecule has 0 saturated heterocycles. The number of carbonyl (C=O) groups excluding carboxylic acids is 3. The number of aromatic hydroxyl groups is 1. The molecule has 11 heteroatoms. The summed E-state index contributed by atoms with van der Waals surface area (Å²) in [6, 6.07) is 2.07. The molecule has 11 nitrogen and oxygen atoms in total. The lowest BCUT2D eigenvalue weighted by molar-refractivity contribution is -0.142. The molecule has 0 aliphatic rings. The number of benzene rings is 1. The molecule has 38 heavy (non-hydrogen) atoms. The molecule has 0 bridgehead atoms. The van der Waals surface area contributed by atoms with Crippen molar-refractivity contribution < 1.29 is 29.4 Å². The summed E-state index contributed by atoms with van der Waals surface area (Å²) < 4.78 is 0. The van der Waals surface area contributed by atoms with E-state index in [4.69, 9.17) is 11.5 Å². The van der Waals surface area contributed by atoms with Crippen molar-refractivity contribution in [2.75, 3.05) is 6.54 Å². The number of carbonyl (C=O) groups is 4. The Labute approximate surface area is 225 Å². The van der Waals surface area contributed by atoms with Crippen LogP contribution < -0.4 is 27.4 Å². The molecule has 0 spiro atoms. The van der Waals surface area contributed by atoms with E-state index < -0.39 is 47.9 Å². The zero-order valence-electron chi connectivity index (χ0n) is 22.9. The average Bonchev–Trinajstić information content (AvgIpc) is 2.86. The lowest BCUT2D eigenvalue weighted by Gasteiger charge is -2.28. The quantitative estimate of drug-likeness (QED) is 0.143. The molecule has 1 aromatic carbocycles. The van der Waals surface area contributed by atoms with Crippen molar-refractivity contribution in [3.63, 3.8) is 0 Å². The first-order chi connectivity index (χ1) is 17.9. The van der Waals surface area contributed by atoms with Gasteiger partial charge in [0.15, 0.2) is 0 Å². The van der Waals surface area contributed by atoms with Crippen LogP contribution >= 0.6 is 0 Å². The minimum Gasteiger partial charge on any atom is -0.508 e. The standard InChI is InChI=1S/C27H45N5O6/c1-5-17(4)23(26(36)31-22(27(37)38)15-18-9-11-19(33)12-10-18)32-25(35)21(14-16(2)3)30-24(34)20(29)8-6-7-13-28/h9-12,16-17,20-23,33H,5-8,13-15,28-29H2,1-4H3,(H,30,34)(H,31,36)(H,32,35)(H,37,38). The van der Waals surface area contributed by atoms with Crippen LogP contribution in [0.4, 0.5) is 0 Å². The van der Waals surface area contributed by atoms with Gasteiger partial charge in [0, 0.05) is 6.42 Å². The molecular formula is C27H45N5O6. The van der Waals surface area contributed by atoms with E-state index in [1.54, 1.807) is 19.1 Å². The zero-order valence-corrected chi connectivity index (χ0v) is 22.9. The van der Waals surface area contributed by atoms with Gasteiger partial charge in [-0.25, -0.2) is 4.79 Å². The Morgan fingerprint density at radius 1 is 0.895 bits per heavy atom. The van der Waals surface area contributed by atoms with Gasteiger partial charge in [0.2, 0.25) is 17.7 Å². The van der Waals surface area contributed by atoms with Crippen LogP contribution in [0, 0.1) is 11.8 Å². The van der Waals surface area contributed by atoms with Gasteiger partial charge in [-0.15, -0.1) is 0 Å². The van der Waals surface area contributed by atoms with Crippen molar-refractivity contribution in [1.82, 2.24) is 16.0 Å². The molecule has 0 fully saturated rings. The van der Waals surface area contributed by atoms with E-state index in [0.717, 1.165) is 6.42 Å². The summed E-state index contributed by atoms with van der Waals surface area (Å²) in [5.74, 6) is -3.04. The van der Waals surface area contributed by atoms with Crippen molar-refractivity contribution in [3.05, 3.63) is 29.8 Å². The third-order valence-electron chi connectivity index (χ3n) is 6.43. The van der Waals surface area contributed by atoms with E-state index in [9.17, 15) is 29.4 Å². The van der Waals surface area contributed by atoms with Gasteiger partial charge < -0.3 is 37.6 Å². The Kier molecular flexibility index (Phi) is 14.4. The van der Waals surface area contributed by atoms with Crippen LogP contribution in [0.2, 0.25) is 0 Å². The molecule has 0 aromatic heterocycles. The van der Waals surface area contributed by atoms with Gasteiger partial charge in [-0.05, 0) is 55.3 Å². The predicted molar refractivity (Wildman–Crippen MR) is 145 cm³/mol. The van der Waals surface area contributed by atoms with Gasteiger partial charge in [0.1, 0.15) is 23.9 Å². The molecule has 5 unspecified atom stereocenters. The molecule has 5 atom stereocenters. The third kappa shape index (κ3) is 11.5. The average molecular weight is 536 g/mol. The first-order valence-electron chi connectivity index (χ1n) is 13.3. The highest BCUT2D eigenvalue weighted by Gasteiger charge is 2.33. The molecular weight excluding hydrogens is 490 g/mol. The number of hydrogen-bond acceptors (Lipinski definition) is 7. The topological polar surface area (TPSA) is 197 Å². The fourth-order valence-electron chi connectivity index (χ4n) is 3.91. The monoisotopic (exact) mass is 535 g/mol. The summed E-state index contributed by atoms with van der Waals surface area (Å²) in [7, 11) is 0. The molecule has 0 radical (unpaired) electrons. The number of unbranched alkanes of at least 4 members (excludes halogenated alkanes) is 1. The normalized spacial score (nSPS) is 15.1.